The number of aromatic nitrogens is 1. The number of rotatable bonds is 6. The van der Waals surface area contributed by atoms with E-state index in [1.54, 1.807) is 0 Å². The van der Waals surface area contributed by atoms with Crippen LogP contribution in [0.25, 0.3) is 80.7 Å². The Hall–Kier alpha value is -6.94. The number of hydrogen-bond donors (Lipinski definition) is 0. The molecule has 2 heterocycles. The molecule has 0 unspecified atom stereocenters. The van der Waals surface area contributed by atoms with Gasteiger partial charge in [0.2, 0.25) is 0 Å². The molecule has 11 aromatic rings. The van der Waals surface area contributed by atoms with Crippen LogP contribution in [0.4, 0.5) is 17.1 Å². The van der Waals surface area contributed by atoms with Crippen LogP contribution < -0.4 is 4.90 Å². The first-order chi connectivity index (χ1) is 27.3. The van der Waals surface area contributed by atoms with Crippen LogP contribution in [-0.4, -0.2) is 4.57 Å². The van der Waals surface area contributed by atoms with E-state index in [4.69, 9.17) is 0 Å². The van der Waals surface area contributed by atoms with Crippen LogP contribution in [-0.2, 0) is 0 Å². The molecule has 0 aliphatic rings. The minimum Gasteiger partial charge on any atom is -0.310 e. The van der Waals surface area contributed by atoms with Crippen molar-refractivity contribution >= 4 is 81.1 Å². The van der Waals surface area contributed by atoms with Gasteiger partial charge in [-0.2, -0.15) is 0 Å². The first kappa shape index (κ1) is 31.6. The Morgan fingerprint density at radius 1 is 0.400 bits per heavy atom. The smallest absolute Gasteiger partial charge is 0.0561 e. The van der Waals surface area contributed by atoms with Gasteiger partial charge in [-0.3, -0.25) is 0 Å². The van der Waals surface area contributed by atoms with Crippen molar-refractivity contribution in [1.29, 1.82) is 0 Å². The largest absolute Gasteiger partial charge is 0.310 e. The summed E-state index contributed by atoms with van der Waals surface area (Å²) in [5.41, 5.74) is 11.7. The third-order valence-electron chi connectivity index (χ3n) is 11.0. The van der Waals surface area contributed by atoms with E-state index < -0.39 is 0 Å². The van der Waals surface area contributed by atoms with Gasteiger partial charge in [-0.05, 0) is 87.6 Å². The molecule has 0 spiro atoms. The lowest BCUT2D eigenvalue weighted by Gasteiger charge is -2.28. The third-order valence-corrected chi connectivity index (χ3v) is 12.2. The molecule has 0 atom stereocenters. The van der Waals surface area contributed by atoms with Gasteiger partial charge in [0, 0.05) is 48.0 Å². The summed E-state index contributed by atoms with van der Waals surface area (Å²) in [4.78, 5) is 2.48. The molecule has 9 aromatic carbocycles. The highest BCUT2D eigenvalue weighted by atomic mass is 32.1. The topological polar surface area (TPSA) is 8.17 Å². The lowest BCUT2D eigenvalue weighted by Crippen LogP contribution is -2.11. The Labute approximate surface area is 323 Å². The van der Waals surface area contributed by atoms with Gasteiger partial charge in [-0.25, -0.2) is 0 Å². The molecule has 3 heteroatoms. The molecule has 0 aliphatic heterocycles. The quantitative estimate of drug-likeness (QED) is 0.166. The van der Waals surface area contributed by atoms with E-state index in [0.717, 1.165) is 22.7 Å². The normalized spacial score (nSPS) is 11.6. The van der Waals surface area contributed by atoms with Crippen molar-refractivity contribution in [2.75, 3.05) is 4.90 Å². The summed E-state index contributed by atoms with van der Waals surface area (Å²) in [5.74, 6) is 0. The van der Waals surface area contributed by atoms with Gasteiger partial charge in [0.15, 0.2) is 0 Å². The molecule has 0 saturated carbocycles. The lowest BCUT2D eigenvalue weighted by molar-refractivity contribution is 1.18. The monoisotopic (exact) mass is 718 g/mol. The second-order valence-corrected chi connectivity index (χ2v) is 15.2. The van der Waals surface area contributed by atoms with Crippen LogP contribution in [0.2, 0.25) is 0 Å². The average Bonchev–Trinajstić information content (AvgIpc) is 3.81. The first-order valence-electron chi connectivity index (χ1n) is 18.8. The van der Waals surface area contributed by atoms with Crippen molar-refractivity contribution < 1.29 is 0 Å². The van der Waals surface area contributed by atoms with Crippen molar-refractivity contribution in [1.82, 2.24) is 4.57 Å². The van der Waals surface area contributed by atoms with E-state index in [1.807, 2.05) is 11.3 Å². The van der Waals surface area contributed by atoms with Crippen molar-refractivity contribution in [2.24, 2.45) is 0 Å². The number of anilines is 3. The highest BCUT2D eigenvalue weighted by Crippen LogP contribution is 2.48. The first-order valence-corrected chi connectivity index (χ1v) is 19.6. The number of thiophene rings is 1. The van der Waals surface area contributed by atoms with E-state index in [-0.39, 0.29) is 0 Å². The predicted molar refractivity (Wildman–Crippen MR) is 237 cm³/mol. The van der Waals surface area contributed by atoms with Gasteiger partial charge in [0.25, 0.3) is 0 Å². The molecule has 0 fully saturated rings. The Morgan fingerprint density at radius 2 is 1.02 bits per heavy atom. The summed E-state index contributed by atoms with van der Waals surface area (Å²) >= 11 is 1.89. The Kier molecular flexibility index (Phi) is 7.39. The van der Waals surface area contributed by atoms with Crippen molar-refractivity contribution in [2.45, 2.75) is 0 Å². The maximum absolute atomic E-state index is 2.48. The second kappa shape index (κ2) is 12.9. The molecule has 0 radical (unpaired) electrons. The number of nitrogens with zero attached hydrogens (tertiary/aromatic N) is 2. The number of fused-ring (bicyclic) bond motifs is 8. The number of hydrogen-bond acceptors (Lipinski definition) is 2. The predicted octanol–water partition coefficient (Wildman–Crippen LogP) is 15.1. The van der Waals surface area contributed by atoms with Crippen LogP contribution >= 0.6 is 11.3 Å². The molecule has 11 rings (SSSR count). The zero-order chi connectivity index (χ0) is 36.3. The summed E-state index contributed by atoms with van der Waals surface area (Å²) < 4.78 is 5.01. The van der Waals surface area contributed by atoms with E-state index in [9.17, 15) is 0 Å². The molecule has 0 saturated heterocycles. The molecule has 2 aromatic heterocycles. The lowest BCUT2D eigenvalue weighted by atomic mass is 9.93. The van der Waals surface area contributed by atoms with Crippen LogP contribution in [0.15, 0.2) is 206 Å². The molecule has 258 valence electrons. The van der Waals surface area contributed by atoms with Gasteiger partial charge >= 0.3 is 0 Å². The molecular formula is C52H34N2S. The Morgan fingerprint density at radius 3 is 1.82 bits per heavy atom. The van der Waals surface area contributed by atoms with Crippen LogP contribution in [0, 0.1) is 0 Å². The summed E-state index contributed by atoms with van der Waals surface area (Å²) in [5, 5.41) is 7.59. The fourth-order valence-corrected chi connectivity index (χ4v) is 9.76. The molecule has 55 heavy (non-hydrogen) atoms. The van der Waals surface area contributed by atoms with Crippen molar-refractivity contribution in [3.8, 4) is 27.9 Å². The van der Waals surface area contributed by atoms with Gasteiger partial charge < -0.3 is 9.47 Å². The summed E-state index contributed by atoms with van der Waals surface area (Å²) in [6.45, 7) is 0. The SMILES string of the molecule is c1ccc(-c2ccc(N(c3ccc4c5ccccc5n(-c5ccccc5)c4c3)c3cccc4sc5c6ccccc6ccc5c34)cc2-c2ccccc2)cc1. The summed E-state index contributed by atoms with van der Waals surface area (Å²) in [6.07, 6.45) is 0. The highest BCUT2D eigenvalue weighted by molar-refractivity contribution is 7.26. The molecular weight excluding hydrogens is 685 g/mol. The molecule has 0 N–H and O–H groups in total. The maximum Gasteiger partial charge on any atom is 0.0561 e. The van der Waals surface area contributed by atoms with Crippen molar-refractivity contribution in [3.05, 3.63) is 206 Å². The fourth-order valence-electron chi connectivity index (χ4n) is 8.50. The summed E-state index contributed by atoms with van der Waals surface area (Å²) in [6, 6.07) is 75.2. The molecule has 2 nitrogen and oxygen atoms in total. The number of benzene rings is 9. The van der Waals surface area contributed by atoms with Crippen molar-refractivity contribution in [3.63, 3.8) is 0 Å². The van der Waals surface area contributed by atoms with E-state index in [2.05, 4.69) is 216 Å². The fraction of sp³-hybridized carbons (Fsp3) is 0. The number of para-hydroxylation sites is 2. The van der Waals surface area contributed by atoms with Crippen LogP contribution in [0.1, 0.15) is 0 Å². The van der Waals surface area contributed by atoms with Crippen LogP contribution in [0.5, 0.6) is 0 Å². The van der Waals surface area contributed by atoms with Gasteiger partial charge in [0.05, 0.1) is 16.7 Å². The standard InChI is InChI=1S/C52H34N2S/c1-4-15-35(16-5-1)41-31-28-39(33-46(41)36-17-6-2-7-18-36)53(48-25-14-26-50-51(48)45-30-27-37-19-10-11-22-42(37)52(45)55-50)40-29-32-44-43-23-12-13-24-47(43)54(49(44)34-40)38-20-8-3-9-21-38/h1-34H. The van der Waals surface area contributed by atoms with Gasteiger partial charge in [-0.15, -0.1) is 11.3 Å². The zero-order valence-electron chi connectivity index (χ0n) is 29.9. The maximum atomic E-state index is 2.48. The van der Waals surface area contributed by atoms with Gasteiger partial charge in [-0.1, -0.05) is 152 Å². The second-order valence-electron chi connectivity index (χ2n) is 14.1. The zero-order valence-corrected chi connectivity index (χ0v) is 30.7. The summed E-state index contributed by atoms with van der Waals surface area (Å²) in [7, 11) is 0. The third kappa shape index (κ3) is 5.16. The molecule has 0 amide bonds. The molecule has 0 bridgehead atoms. The highest BCUT2D eigenvalue weighted by Gasteiger charge is 2.22. The van der Waals surface area contributed by atoms with E-state index in [0.29, 0.717) is 0 Å². The van der Waals surface area contributed by atoms with E-state index >= 15 is 0 Å². The molecule has 0 aliphatic carbocycles. The Balaban J connectivity index is 1.23. The van der Waals surface area contributed by atoms with Gasteiger partial charge in [0.1, 0.15) is 0 Å². The van der Waals surface area contributed by atoms with Crippen LogP contribution in [0.3, 0.4) is 0 Å². The average molecular weight is 719 g/mol. The van der Waals surface area contributed by atoms with E-state index in [1.165, 1.54) is 75.0 Å². The minimum absolute atomic E-state index is 1.10. The Bertz CT molecular complexity index is 3200. The minimum atomic E-state index is 1.10.